The maximum atomic E-state index is 12.0. The van der Waals surface area contributed by atoms with Gasteiger partial charge in [0.1, 0.15) is 5.15 Å². The van der Waals surface area contributed by atoms with Crippen LogP contribution in [-0.4, -0.2) is 16.8 Å². The molecule has 120 valence electrons. The number of carbonyl (C=O) groups is 2. The molecule has 0 saturated heterocycles. The Morgan fingerprint density at radius 3 is 2.39 bits per heavy atom. The van der Waals surface area contributed by atoms with E-state index in [1.807, 2.05) is 38.1 Å². The lowest BCUT2D eigenvalue weighted by molar-refractivity contribution is -0.118. The lowest BCUT2D eigenvalue weighted by Gasteiger charge is -2.09. The highest BCUT2D eigenvalue weighted by Crippen LogP contribution is 2.11. The number of benzene rings is 1. The standard InChI is InChI=1S/C17H18ClN3O2/c1-11(2)16(22)21-14-6-3-12(4-7-14)9-20-17(23)13-5-8-15(18)19-10-13/h3-8,10-11H,9H2,1-2H3,(H,20,23)(H,21,22). The molecule has 2 rings (SSSR count). The fraction of sp³-hybridized carbons (Fsp3) is 0.235. The molecule has 23 heavy (non-hydrogen) atoms. The summed E-state index contributed by atoms with van der Waals surface area (Å²) in [6.45, 7) is 4.07. The Labute approximate surface area is 140 Å². The molecule has 0 aliphatic heterocycles. The number of anilines is 1. The summed E-state index contributed by atoms with van der Waals surface area (Å²) in [5, 5.41) is 5.97. The summed E-state index contributed by atoms with van der Waals surface area (Å²) >= 11 is 5.69. The number of hydrogen-bond acceptors (Lipinski definition) is 3. The number of halogens is 1. The molecule has 0 aliphatic carbocycles. The topological polar surface area (TPSA) is 71.1 Å². The Morgan fingerprint density at radius 1 is 1.13 bits per heavy atom. The van der Waals surface area contributed by atoms with Crippen molar-refractivity contribution in [2.45, 2.75) is 20.4 Å². The molecule has 1 heterocycles. The predicted molar refractivity (Wildman–Crippen MR) is 90.3 cm³/mol. The van der Waals surface area contributed by atoms with Crippen LogP contribution in [0.15, 0.2) is 42.6 Å². The molecule has 1 aromatic carbocycles. The van der Waals surface area contributed by atoms with Gasteiger partial charge in [-0.25, -0.2) is 4.98 Å². The van der Waals surface area contributed by atoms with E-state index in [0.29, 0.717) is 17.3 Å². The minimum Gasteiger partial charge on any atom is -0.348 e. The molecule has 5 nitrogen and oxygen atoms in total. The maximum absolute atomic E-state index is 12.0. The van der Waals surface area contributed by atoms with Crippen LogP contribution < -0.4 is 10.6 Å². The van der Waals surface area contributed by atoms with E-state index >= 15 is 0 Å². The van der Waals surface area contributed by atoms with Gasteiger partial charge < -0.3 is 10.6 Å². The van der Waals surface area contributed by atoms with Crippen LogP contribution in [0.2, 0.25) is 5.15 Å². The number of nitrogens with zero attached hydrogens (tertiary/aromatic N) is 1. The number of rotatable bonds is 5. The van der Waals surface area contributed by atoms with Crippen molar-refractivity contribution in [3.63, 3.8) is 0 Å². The fourth-order valence-corrected chi connectivity index (χ4v) is 1.90. The van der Waals surface area contributed by atoms with Crippen molar-refractivity contribution in [2.24, 2.45) is 5.92 Å². The van der Waals surface area contributed by atoms with Gasteiger partial charge in [-0.2, -0.15) is 0 Å². The van der Waals surface area contributed by atoms with Gasteiger partial charge >= 0.3 is 0 Å². The monoisotopic (exact) mass is 331 g/mol. The van der Waals surface area contributed by atoms with Crippen molar-refractivity contribution in [1.29, 1.82) is 0 Å². The summed E-state index contributed by atoms with van der Waals surface area (Å²) in [7, 11) is 0. The largest absolute Gasteiger partial charge is 0.348 e. The molecule has 0 atom stereocenters. The molecule has 0 unspecified atom stereocenters. The van der Waals surface area contributed by atoms with Gasteiger partial charge in [0.05, 0.1) is 5.56 Å². The van der Waals surface area contributed by atoms with Gasteiger partial charge in [0, 0.05) is 24.3 Å². The second kappa shape index (κ2) is 7.74. The molecule has 2 aromatic rings. The number of pyridine rings is 1. The van der Waals surface area contributed by atoms with Crippen molar-refractivity contribution in [1.82, 2.24) is 10.3 Å². The highest BCUT2D eigenvalue weighted by molar-refractivity contribution is 6.29. The molecule has 0 aliphatic rings. The molecule has 0 radical (unpaired) electrons. The van der Waals surface area contributed by atoms with Crippen LogP contribution in [0.5, 0.6) is 0 Å². The van der Waals surface area contributed by atoms with Crippen LogP contribution in [-0.2, 0) is 11.3 Å². The third-order valence-electron chi connectivity index (χ3n) is 3.19. The second-order valence-corrected chi connectivity index (χ2v) is 5.78. The van der Waals surface area contributed by atoms with E-state index in [1.54, 1.807) is 12.1 Å². The first kappa shape index (κ1) is 17.0. The van der Waals surface area contributed by atoms with E-state index in [4.69, 9.17) is 11.6 Å². The zero-order valence-corrected chi connectivity index (χ0v) is 13.7. The van der Waals surface area contributed by atoms with Gasteiger partial charge in [0.25, 0.3) is 5.91 Å². The quantitative estimate of drug-likeness (QED) is 0.826. The first-order valence-electron chi connectivity index (χ1n) is 7.25. The predicted octanol–water partition coefficient (Wildman–Crippen LogP) is 3.26. The fourth-order valence-electron chi connectivity index (χ4n) is 1.79. The van der Waals surface area contributed by atoms with Gasteiger partial charge in [-0.1, -0.05) is 37.6 Å². The van der Waals surface area contributed by atoms with E-state index < -0.39 is 0 Å². The van der Waals surface area contributed by atoms with Gasteiger partial charge in [-0.05, 0) is 29.8 Å². The maximum Gasteiger partial charge on any atom is 0.253 e. The van der Waals surface area contributed by atoms with Crippen LogP contribution in [0.4, 0.5) is 5.69 Å². The molecule has 6 heteroatoms. The molecule has 1 aromatic heterocycles. The minimum absolute atomic E-state index is 0.0266. The number of amides is 2. The van der Waals surface area contributed by atoms with Crippen LogP contribution >= 0.6 is 11.6 Å². The summed E-state index contributed by atoms with van der Waals surface area (Å²) in [5.74, 6) is -0.311. The second-order valence-electron chi connectivity index (χ2n) is 5.39. The van der Waals surface area contributed by atoms with Gasteiger partial charge in [-0.3, -0.25) is 9.59 Å². The third kappa shape index (κ3) is 5.07. The van der Waals surface area contributed by atoms with Gasteiger partial charge in [0.2, 0.25) is 5.91 Å². The van der Waals surface area contributed by atoms with Crippen molar-refractivity contribution in [3.8, 4) is 0 Å². The number of hydrogen-bond donors (Lipinski definition) is 2. The Hall–Kier alpha value is -2.40. The van der Waals surface area contributed by atoms with Crippen molar-refractivity contribution < 1.29 is 9.59 Å². The molecular formula is C17H18ClN3O2. The Balaban J connectivity index is 1.90. The first-order chi connectivity index (χ1) is 11.0. The number of aromatic nitrogens is 1. The molecule has 2 amide bonds. The lowest BCUT2D eigenvalue weighted by atomic mass is 10.1. The Bertz CT molecular complexity index is 682. The average molecular weight is 332 g/mol. The van der Waals surface area contributed by atoms with Gasteiger partial charge in [0.15, 0.2) is 0 Å². The summed E-state index contributed by atoms with van der Waals surface area (Å²) in [6, 6.07) is 10.5. The summed E-state index contributed by atoms with van der Waals surface area (Å²) in [6.07, 6.45) is 1.43. The average Bonchev–Trinajstić information content (AvgIpc) is 2.54. The highest BCUT2D eigenvalue weighted by atomic mass is 35.5. The van der Waals surface area contributed by atoms with Crippen LogP contribution in [0.3, 0.4) is 0 Å². The summed E-state index contributed by atoms with van der Waals surface area (Å²) in [4.78, 5) is 27.4. The molecule has 0 saturated carbocycles. The van der Waals surface area contributed by atoms with Crippen LogP contribution in [0.25, 0.3) is 0 Å². The molecule has 0 spiro atoms. The van der Waals surface area contributed by atoms with Crippen molar-refractivity contribution in [3.05, 3.63) is 58.9 Å². The Kier molecular flexibility index (Phi) is 5.71. The Morgan fingerprint density at radius 2 is 1.83 bits per heavy atom. The van der Waals surface area contributed by atoms with E-state index in [9.17, 15) is 9.59 Å². The highest BCUT2D eigenvalue weighted by Gasteiger charge is 2.08. The molecular weight excluding hydrogens is 314 g/mol. The zero-order chi connectivity index (χ0) is 16.8. The normalized spacial score (nSPS) is 10.4. The minimum atomic E-state index is -0.216. The van der Waals surface area contributed by atoms with Crippen molar-refractivity contribution in [2.75, 3.05) is 5.32 Å². The summed E-state index contributed by atoms with van der Waals surface area (Å²) in [5.41, 5.74) is 2.12. The molecule has 2 N–H and O–H groups in total. The third-order valence-corrected chi connectivity index (χ3v) is 3.41. The van der Waals surface area contributed by atoms with Crippen LogP contribution in [0.1, 0.15) is 29.8 Å². The van der Waals surface area contributed by atoms with Crippen molar-refractivity contribution >= 4 is 29.1 Å². The lowest BCUT2D eigenvalue weighted by Crippen LogP contribution is -2.23. The summed E-state index contributed by atoms with van der Waals surface area (Å²) < 4.78 is 0. The van der Waals surface area contributed by atoms with E-state index in [2.05, 4.69) is 15.6 Å². The molecule has 0 fully saturated rings. The van der Waals surface area contributed by atoms with Gasteiger partial charge in [-0.15, -0.1) is 0 Å². The number of carbonyl (C=O) groups excluding carboxylic acids is 2. The first-order valence-corrected chi connectivity index (χ1v) is 7.63. The molecule has 0 bridgehead atoms. The SMILES string of the molecule is CC(C)C(=O)Nc1ccc(CNC(=O)c2ccc(Cl)nc2)cc1. The van der Waals surface area contributed by atoms with Crippen LogP contribution in [0, 0.1) is 5.92 Å². The number of nitrogens with one attached hydrogen (secondary N) is 2. The van der Waals surface area contributed by atoms with E-state index in [1.165, 1.54) is 6.20 Å². The van der Waals surface area contributed by atoms with E-state index in [-0.39, 0.29) is 17.7 Å². The smallest absolute Gasteiger partial charge is 0.253 e. The van der Waals surface area contributed by atoms with E-state index in [0.717, 1.165) is 11.3 Å². The zero-order valence-electron chi connectivity index (χ0n) is 13.0.